The van der Waals surface area contributed by atoms with Crippen molar-refractivity contribution >= 4 is 17.9 Å². The van der Waals surface area contributed by atoms with Gasteiger partial charge < -0.3 is 14.2 Å². The minimum absolute atomic E-state index is 0.110. The lowest BCUT2D eigenvalue weighted by Crippen LogP contribution is -2.30. The lowest BCUT2D eigenvalue weighted by atomic mass is 10.1. The molecule has 0 fully saturated rings. The Hall–Kier alpha value is -3.93. The predicted octanol–water partition coefficient (Wildman–Crippen LogP) is 15.6. The molecule has 6 nitrogen and oxygen atoms in total. The number of rotatable bonds is 41. The highest BCUT2D eigenvalue weighted by Crippen LogP contribution is 2.12. The highest BCUT2D eigenvalue weighted by Gasteiger charge is 2.19. The minimum atomic E-state index is -0.815. The van der Waals surface area contributed by atoms with Crippen LogP contribution in [0, 0.1) is 0 Å². The summed E-state index contributed by atoms with van der Waals surface area (Å²) in [5, 5.41) is 0. The first kappa shape index (κ1) is 56.1. The normalized spacial score (nSPS) is 13.1. The van der Waals surface area contributed by atoms with Crippen molar-refractivity contribution in [3.63, 3.8) is 0 Å². The van der Waals surface area contributed by atoms with Gasteiger partial charge in [0.2, 0.25) is 0 Å². The number of hydrogen-bond donors (Lipinski definition) is 0. The van der Waals surface area contributed by atoms with Crippen LogP contribution in [0.4, 0.5) is 0 Å². The molecule has 6 heteroatoms. The first-order valence-corrected chi connectivity index (χ1v) is 23.9. The molecule has 0 saturated carbocycles. The molecule has 0 radical (unpaired) electrons. The van der Waals surface area contributed by atoms with E-state index in [0.717, 1.165) is 116 Å². The third-order valence-electron chi connectivity index (χ3n) is 9.54. The third kappa shape index (κ3) is 45.2. The van der Waals surface area contributed by atoms with Gasteiger partial charge in [-0.2, -0.15) is 0 Å². The maximum atomic E-state index is 12.7. The summed E-state index contributed by atoms with van der Waals surface area (Å²) >= 11 is 0. The van der Waals surface area contributed by atoms with Crippen molar-refractivity contribution in [2.75, 3.05) is 13.2 Å². The zero-order valence-corrected chi connectivity index (χ0v) is 38.4. The fourth-order valence-electron chi connectivity index (χ4n) is 6.01. The summed E-state index contributed by atoms with van der Waals surface area (Å²) in [4.78, 5) is 37.7. The largest absolute Gasteiger partial charge is 0.462 e. The second-order valence-corrected chi connectivity index (χ2v) is 15.3. The Morgan fingerprint density at radius 1 is 0.350 bits per heavy atom. The van der Waals surface area contributed by atoms with E-state index < -0.39 is 6.10 Å². The van der Waals surface area contributed by atoms with Crippen LogP contribution in [-0.4, -0.2) is 37.2 Å². The number of allylic oxidation sites excluding steroid dienone is 18. The molecule has 1 unspecified atom stereocenters. The van der Waals surface area contributed by atoms with E-state index in [4.69, 9.17) is 14.2 Å². The molecule has 0 saturated heterocycles. The molecule has 1 atom stereocenters. The second-order valence-electron chi connectivity index (χ2n) is 15.3. The van der Waals surface area contributed by atoms with E-state index in [1.54, 1.807) is 0 Å². The van der Waals surface area contributed by atoms with Crippen LogP contribution in [-0.2, 0) is 28.6 Å². The van der Waals surface area contributed by atoms with Gasteiger partial charge in [0, 0.05) is 19.3 Å². The van der Waals surface area contributed by atoms with Crippen LogP contribution >= 0.6 is 0 Å². The van der Waals surface area contributed by atoms with Crippen molar-refractivity contribution in [1.29, 1.82) is 0 Å². The molecule has 0 N–H and O–H groups in total. The van der Waals surface area contributed by atoms with Crippen LogP contribution in [0.1, 0.15) is 194 Å². The molecular formula is C54H86O6. The first-order valence-electron chi connectivity index (χ1n) is 23.9. The van der Waals surface area contributed by atoms with Crippen molar-refractivity contribution in [2.45, 2.75) is 200 Å². The first-order chi connectivity index (χ1) is 29.5. The van der Waals surface area contributed by atoms with Gasteiger partial charge in [-0.1, -0.05) is 194 Å². The highest BCUT2D eigenvalue weighted by atomic mass is 16.6. The average Bonchev–Trinajstić information content (AvgIpc) is 3.24. The number of ether oxygens (including phenoxy) is 3. The van der Waals surface area contributed by atoms with E-state index in [1.165, 1.54) is 32.1 Å². The maximum absolute atomic E-state index is 12.7. The Labute approximate surface area is 368 Å². The summed E-state index contributed by atoms with van der Waals surface area (Å²) in [5.74, 6) is -1.03. The summed E-state index contributed by atoms with van der Waals surface area (Å²) in [7, 11) is 0. The summed E-state index contributed by atoms with van der Waals surface area (Å²) in [6.07, 6.45) is 63.7. The number of esters is 3. The monoisotopic (exact) mass is 831 g/mol. The van der Waals surface area contributed by atoms with Crippen LogP contribution in [0.3, 0.4) is 0 Å². The van der Waals surface area contributed by atoms with Gasteiger partial charge in [-0.15, -0.1) is 0 Å². The molecule has 338 valence electrons. The van der Waals surface area contributed by atoms with E-state index in [-0.39, 0.29) is 37.5 Å². The summed E-state index contributed by atoms with van der Waals surface area (Å²) in [6.45, 7) is 6.27. The number of carbonyl (C=O) groups excluding carboxylic acids is 3. The van der Waals surface area contributed by atoms with Crippen molar-refractivity contribution in [3.8, 4) is 0 Å². The average molecular weight is 831 g/mol. The van der Waals surface area contributed by atoms with E-state index >= 15 is 0 Å². The predicted molar refractivity (Wildman–Crippen MR) is 256 cm³/mol. The molecule has 0 aliphatic heterocycles. The minimum Gasteiger partial charge on any atom is -0.462 e. The van der Waals surface area contributed by atoms with Crippen LogP contribution in [0.5, 0.6) is 0 Å². The van der Waals surface area contributed by atoms with E-state index in [1.807, 2.05) is 12.2 Å². The van der Waals surface area contributed by atoms with Crippen LogP contribution in [0.25, 0.3) is 0 Å². The standard InChI is InChI=1S/C54H86O6/c1-4-7-10-13-16-19-21-23-25-26-27-28-30-31-33-35-38-41-44-47-53(56)59-50-51(49-58-52(55)46-43-40-37-18-15-12-9-6-3)60-54(57)48-45-42-39-36-34-32-29-24-22-20-17-14-11-8-5-2/h7-8,10-11,16-17,19-20,23-25,27-29,31,33,38,41,51H,4-6,9,12-15,18,21-22,26,30,32,34-37,39-40,42-50H2,1-3H3/b10-7-,11-8-,19-16-,20-17-,25-23-,28-27-,29-24-,33-31-,41-38-. The van der Waals surface area contributed by atoms with Gasteiger partial charge in [0.15, 0.2) is 6.10 Å². The number of unbranched alkanes of at least 4 members (excludes halogenated alkanes) is 12. The smallest absolute Gasteiger partial charge is 0.306 e. The fraction of sp³-hybridized carbons (Fsp3) is 0.611. The van der Waals surface area contributed by atoms with E-state index in [2.05, 4.69) is 118 Å². The molecular weight excluding hydrogens is 745 g/mol. The third-order valence-corrected chi connectivity index (χ3v) is 9.54. The Balaban J connectivity index is 4.49. The van der Waals surface area contributed by atoms with Gasteiger partial charge in [0.1, 0.15) is 13.2 Å². The topological polar surface area (TPSA) is 78.9 Å². The molecule has 0 aromatic rings. The summed E-state index contributed by atoms with van der Waals surface area (Å²) in [6, 6.07) is 0. The molecule has 0 rings (SSSR count). The van der Waals surface area contributed by atoms with Gasteiger partial charge in [0.25, 0.3) is 0 Å². The van der Waals surface area contributed by atoms with Crippen molar-refractivity contribution in [2.24, 2.45) is 0 Å². The quantitative estimate of drug-likeness (QED) is 0.0264. The molecule has 0 aliphatic carbocycles. The lowest BCUT2D eigenvalue weighted by Gasteiger charge is -2.18. The molecule has 0 amide bonds. The lowest BCUT2D eigenvalue weighted by molar-refractivity contribution is -0.166. The molecule has 60 heavy (non-hydrogen) atoms. The van der Waals surface area contributed by atoms with Gasteiger partial charge in [-0.25, -0.2) is 0 Å². The van der Waals surface area contributed by atoms with Crippen LogP contribution < -0.4 is 0 Å². The summed E-state index contributed by atoms with van der Waals surface area (Å²) < 4.78 is 16.6. The van der Waals surface area contributed by atoms with Crippen molar-refractivity contribution in [1.82, 2.24) is 0 Å². The Morgan fingerprint density at radius 3 is 1.12 bits per heavy atom. The Kier molecular flexibility index (Phi) is 44.6. The van der Waals surface area contributed by atoms with Crippen molar-refractivity contribution < 1.29 is 28.6 Å². The SMILES string of the molecule is CC/C=C\C/C=C\C/C=C\C/C=C\C/C=C\C/C=C\CCC(=O)OCC(COC(=O)CCCCCCCCCC)OC(=O)CCCCCCC/C=C\C/C=C\C/C=C\CC. The molecule has 0 aromatic carbocycles. The molecule has 0 heterocycles. The van der Waals surface area contributed by atoms with Gasteiger partial charge in [-0.05, 0) is 89.9 Å². The molecule has 0 aromatic heterocycles. The van der Waals surface area contributed by atoms with Crippen LogP contribution in [0.15, 0.2) is 109 Å². The number of carbonyl (C=O) groups is 3. The maximum Gasteiger partial charge on any atom is 0.306 e. The summed E-state index contributed by atoms with van der Waals surface area (Å²) in [5.41, 5.74) is 0. The van der Waals surface area contributed by atoms with E-state index in [0.29, 0.717) is 19.3 Å². The zero-order chi connectivity index (χ0) is 43.7. The van der Waals surface area contributed by atoms with Crippen LogP contribution in [0.2, 0.25) is 0 Å². The van der Waals surface area contributed by atoms with E-state index in [9.17, 15) is 14.4 Å². The fourth-order valence-corrected chi connectivity index (χ4v) is 6.01. The molecule has 0 bridgehead atoms. The van der Waals surface area contributed by atoms with Crippen molar-refractivity contribution in [3.05, 3.63) is 109 Å². The van der Waals surface area contributed by atoms with Gasteiger partial charge >= 0.3 is 17.9 Å². The van der Waals surface area contributed by atoms with Gasteiger partial charge in [0.05, 0.1) is 0 Å². The Morgan fingerprint density at radius 2 is 0.683 bits per heavy atom. The second kappa shape index (κ2) is 47.7. The molecule has 0 spiro atoms. The van der Waals surface area contributed by atoms with Gasteiger partial charge in [-0.3, -0.25) is 14.4 Å². The zero-order valence-electron chi connectivity index (χ0n) is 38.4. The highest BCUT2D eigenvalue weighted by molar-refractivity contribution is 5.71. The number of hydrogen-bond acceptors (Lipinski definition) is 6. The Bertz CT molecular complexity index is 1280. The molecule has 0 aliphatic rings.